The van der Waals surface area contributed by atoms with E-state index in [0.29, 0.717) is 13.0 Å². The normalized spacial score (nSPS) is 13.3. The Morgan fingerprint density at radius 2 is 2.05 bits per heavy atom. The van der Waals surface area contributed by atoms with Crippen molar-refractivity contribution in [1.82, 2.24) is 5.32 Å². The molecule has 1 rings (SSSR count). The summed E-state index contributed by atoms with van der Waals surface area (Å²) in [5, 5.41) is 3.33. The van der Waals surface area contributed by atoms with E-state index in [-0.39, 0.29) is 17.4 Å². The maximum atomic E-state index is 11.7. The van der Waals surface area contributed by atoms with E-state index in [1.54, 1.807) is 14.0 Å². The molecular weight excluding hydrogens is 354 g/mol. The van der Waals surface area contributed by atoms with Crippen LogP contribution in [0, 0.1) is 0 Å². The quantitative estimate of drug-likeness (QED) is 0.636. The minimum Gasteiger partial charge on any atom is -0.383 e. The maximum absolute atomic E-state index is 11.7. The smallest absolute Gasteiger partial charge is 0.150 e. The molecule has 4 nitrogen and oxygen atoms in total. The first-order valence-corrected chi connectivity index (χ1v) is 9.76. The Hall–Kier alpha value is -0.430. The fourth-order valence-electron chi connectivity index (χ4n) is 2.09. The van der Waals surface area contributed by atoms with E-state index in [2.05, 4.69) is 21.2 Å². The van der Waals surface area contributed by atoms with Gasteiger partial charge in [0.25, 0.3) is 0 Å². The molecule has 6 heteroatoms. The minimum absolute atomic E-state index is 0.166. The molecule has 0 aromatic heterocycles. The van der Waals surface area contributed by atoms with Crippen LogP contribution >= 0.6 is 15.9 Å². The Balaban J connectivity index is 2.73. The van der Waals surface area contributed by atoms with Gasteiger partial charge in [-0.1, -0.05) is 41.1 Å². The van der Waals surface area contributed by atoms with Crippen molar-refractivity contribution in [3.8, 4) is 0 Å². The molecule has 1 aromatic rings. The zero-order chi connectivity index (χ0) is 15.7. The van der Waals surface area contributed by atoms with Crippen molar-refractivity contribution in [3.05, 3.63) is 34.3 Å². The third-order valence-electron chi connectivity index (χ3n) is 3.44. The minimum atomic E-state index is -2.94. The van der Waals surface area contributed by atoms with E-state index in [1.165, 1.54) is 0 Å². The summed E-state index contributed by atoms with van der Waals surface area (Å²) >= 11 is 3.56. The fraction of sp³-hybridized carbons (Fsp3) is 0.600. The average Bonchev–Trinajstić information content (AvgIpc) is 2.47. The van der Waals surface area contributed by atoms with E-state index in [9.17, 15) is 8.42 Å². The van der Waals surface area contributed by atoms with E-state index < -0.39 is 9.84 Å². The number of methoxy groups -OCH3 is 1. The molecule has 1 aromatic carbocycles. The van der Waals surface area contributed by atoms with Gasteiger partial charge in [0.1, 0.15) is 9.84 Å². The summed E-state index contributed by atoms with van der Waals surface area (Å²) in [7, 11) is -1.27. The lowest BCUT2D eigenvalue weighted by atomic mass is 9.96. The predicted octanol–water partition coefficient (Wildman–Crippen LogP) is 2.59. The van der Waals surface area contributed by atoms with Crippen molar-refractivity contribution < 1.29 is 13.2 Å². The van der Waals surface area contributed by atoms with Gasteiger partial charge in [0.15, 0.2) is 0 Å². The van der Waals surface area contributed by atoms with Crippen LogP contribution in [0.15, 0.2) is 28.7 Å². The van der Waals surface area contributed by atoms with Gasteiger partial charge in [-0.3, -0.25) is 0 Å². The lowest BCUT2D eigenvalue weighted by Crippen LogP contribution is -2.26. The number of hydrogen-bond acceptors (Lipinski definition) is 4. The summed E-state index contributed by atoms with van der Waals surface area (Å²) in [4.78, 5) is 0. The van der Waals surface area contributed by atoms with Gasteiger partial charge in [-0.25, -0.2) is 8.42 Å². The van der Waals surface area contributed by atoms with Crippen molar-refractivity contribution in [2.45, 2.75) is 19.3 Å². The maximum Gasteiger partial charge on any atom is 0.150 e. The highest BCUT2D eigenvalue weighted by Crippen LogP contribution is 2.27. The molecule has 0 aliphatic carbocycles. The molecule has 1 atom stereocenters. The molecule has 0 heterocycles. The number of benzene rings is 1. The number of nitrogens with one attached hydrogen (secondary N) is 1. The van der Waals surface area contributed by atoms with Crippen molar-refractivity contribution in [2.75, 3.05) is 38.3 Å². The van der Waals surface area contributed by atoms with Crippen LogP contribution in [-0.2, 0) is 14.6 Å². The molecule has 120 valence electrons. The van der Waals surface area contributed by atoms with Gasteiger partial charge in [-0.2, -0.15) is 0 Å². The fourth-order valence-corrected chi connectivity index (χ4v) is 3.63. The first-order chi connectivity index (χ1) is 10.00. The lowest BCUT2D eigenvalue weighted by Gasteiger charge is -2.19. The average molecular weight is 378 g/mol. The van der Waals surface area contributed by atoms with Crippen LogP contribution < -0.4 is 5.32 Å². The second-order valence-corrected chi connectivity index (χ2v) is 8.27. The first-order valence-electron chi connectivity index (χ1n) is 7.14. The van der Waals surface area contributed by atoms with Crippen LogP contribution in [-0.4, -0.2) is 46.7 Å². The van der Waals surface area contributed by atoms with E-state index in [0.717, 1.165) is 23.1 Å². The molecule has 0 saturated heterocycles. The van der Waals surface area contributed by atoms with Gasteiger partial charge in [-0.05, 0) is 24.0 Å². The summed E-state index contributed by atoms with van der Waals surface area (Å²) in [6.45, 7) is 3.85. The van der Waals surface area contributed by atoms with Gasteiger partial charge in [-0.15, -0.1) is 0 Å². The van der Waals surface area contributed by atoms with Crippen molar-refractivity contribution in [1.29, 1.82) is 0 Å². The van der Waals surface area contributed by atoms with Crippen LogP contribution in [0.5, 0.6) is 0 Å². The highest BCUT2D eigenvalue weighted by atomic mass is 79.9. The van der Waals surface area contributed by atoms with Crippen LogP contribution in [0.3, 0.4) is 0 Å². The predicted molar refractivity (Wildman–Crippen MR) is 90.6 cm³/mol. The Morgan fingerprint density at radius 1 is 1.33 bits per heavy atom. The molecule has 0 aliphatic rings. The van der Waals surface area contributed by atoms with E-state index in [4.69, 9.17) is 4.74 Å². The molecular formula is C15H24BrNO3S. The standard InChI is InChI=1S/C15H24BrNO3S/c1-3-21(18,19)11-8-13(12-17-9-10-20-2)14-6-4-5-7-15(14)16/h4-7,13,17H,3,8-12H2,1-2H3. The molecule has 0 aliphatic heterocycles. The molecule has 1 unspecified atom stereocenters. The molecule has 0 fully saturated rings. The summed E-state index contributed by atoms with van der Waals surface area (Å²) in [6.07, 6.45) is 0.624. The molecule has 1 N–H and O–H groups in total. The Bertz CT molecular complexity index is 519. The third-order valence-corrected chi connectivity index (χ3v) is 5.90. The topological polar surface area (TPSA) is 55.4 Å². The Labute approximate surface area is 136 Å². The van der Waals surface area contributed by atoms with Gasteiger partial charge in [0.05, 0.1) is 12.4 Å². The van der Waals surface area contributed by atoms with E-state index in [1.807, 2.05) is 24.3 Å². The molecule has 21 heavy (non-hydrogen) atoms. The zero-order valence-electron chi connectivity index (χ0n) is 12.6. The number of sulfone groups is 1. The molecule has 0 radical (unpaired) electrons. The van der Waals surface area contributed by atoms with E-state index >= 15 is 0 Å². The van der Waals surface area contributed by atoms with Crippen LogP contribution in [0.1, 0.15) is 24.8 Å². The van der Waals surface area contributed by atoms with Crippen molar-refractivity contribution in [3.63, 3.8) is 0 Å². The number of halogens is 1. The van der Waals surface area contributed by atoms with Gasteiger partial charge in [0, 0.05) is 30.4 Å². The third kappa shape index (κ3) is 6.91. The Kier molecular flexibility index (Phi) is 8.48. The van der Waals surface area contributed by atoms with Crippen LogP contribution in [0.25, 0.3) is 0 Å². The molecule has 0 bridgehead atoms. The van der Waals surface area contributed by atoms with Crippen molar-refractivity contribution >= 4 is 25.8 Å². The van der Waals surface area contributed by atoms with Gasteiger partial charge in [0.2, 0.25) is 0 Å². The Morgan fingerprint density at radius 3 is 2.67 bits per heavy atom. The van der Waals surface area contributed by atoms with Gasteiger partial charge >= 0.3 is 0 Å². The zero-order valence-corrected chi connectivity index (χ0v) is 15.0. The van der Waals surface area contributed by atoms with Crippen molar-refractivity contribution in [2.24, 2.45) is 0 Å². The summed E-state index contributed by atoms with van der Waals surface area (Å²) < 4.78 is 29.5. The summed E-state index contributed by atoms with van der Waals surface area (Å²) in [5.41, 5.74) is 1.15. The lowest BCUT2D eigenvalue weighted by molar-refractivity contribution is 0.199. The second-order valence-electron chi connectivity index (χ2n) is 4.94. The van der Waals surface area contributed by atoms with Gasteiger partial charge < -0.3 is 10.1 Å². The second kappa shape index (κ2) is 9.56. The first kappa shape index (κ1) is 18.6. The molecule has 0 saturated carbocycles. The number of ether oxygens (including phenoxy) is 1. The van der Waals surface area contributed by atoms with Crippen LogP contribution in [0.4, 0.5) is 0 Å². The summed E-state index contributed by atoms with van der Waals surface area (Å²) in [6, 6.07) is 7.99. The highest BCUT2D eigenvalue weighted by molar-refractivity contribution is 9.10. The molecule has 0 spiro atoms. The largest absolute Gasteiger partial charge is 0.383 e. The highest BCUT2D eigenvalue weighted by Gasteiger charge is 2.17. The number of hydrogen-bond donors (Lipinski definition) is 1. The SMILES string of the molecule is CCS(=O)(=O)CCC(CNCCOC)c1ccccc1Br. The monoisotopic (exact) mass is 377 g/mol. The van der Waals surface area contributed by atoms with Crippen LogP contribution in [0.2, 0.25) is 0 Å². The molecule has 0 amide bonds. The number of rotatable bonds is 10. The summed E-state index contributed by atoms with van der Waals surface area (Å²) in [5.74, 6) is 0.590.